The number of amides is 2. The highest BCUT2D eigenvalue weighted by molar-refractivity contribution is 8.26. The number of nitrogens with one attached hydrogen (secondary N) is 1. The van der Waals surface area contributed by atoms with Crippen molar-refractivity contribution in [1.29, 1.82) is 0 Å². The van der Waals surface area contributed by atoms with Gasteiger partial charge in [-0.05, 0) is 50.3 Å². The molecular weight excluding hydrogens is 402 g/mol. The average molecular weight is 422 g/mol. The Hall–Kier alpha value is -2.90. The molecular formula is C22H19N3O2S2. The van der Waals surface area contributed by atoms with Gasteiger partial charge in [-0.2, -0.15) is 5.01 Å². The Bertz CT molecular complexity index is 1150. The minimum absolute atomic E-state index is 0.293. The van der Waals surface area contributed by atoms with Crippen LogP contribution in [0.1, 0.15) is 35.8 Å². The number of hydrazine groups is 1. The van der Waals surface area contributed by atoms with Gasteiger partial charge in [-0.15, -0.1) is 0 Å². The van der Waals surface area contributed by atoms with Crippen molar-refractivity contribution in [3.05, 3.63) is 76.8 Å². The van der Waals surface area contributed by atoms with Gasteiger partial charge in [0, 0.05) is 34.3 Å². The van der Waals surface area contributed by atoms with Crippen LogP contribution >= 0.6 is 24.0 Å². The van der Waals surface area contributed by atoms with Crippen LogP contribution in [0.3, 0.4) is 0 Å². The van der Waals surface area contributed by atoms with E-state index in [1.807, 2.05) is 36.5 Å². The van der Waals surface area contributed by atoms with Crippen LogP contribution in [0, 0.1) is 0 Å². The summed E-state index contributed by atoms with van der Waals surface area (Å²) in [7, 11) is 0. The van der Waals surface area contributed by atoms with Crippen molar-refractivity contribution in [3.63, 3.8) is 0 Å². The molecule has 3 aromatic rings. The van der Waals surface area contributed by atoms with Crippen molar-refractivity contribution >= 4 is 57.1 Å². The van der Waals surface area contributed by atoms with E-state index >= 15 is 0 Å². The maximum atomic E-state index is 12.9. The lowest BCUT2D eigenvalue weighted by atomic mass is 10.1. The molecule has 5 nitrogen and oxygen atoms in total. The molecule has 2 heterocycles. The highest BCUT2D eigenvalue weighted by Gasteiger charge is 2.34. The molecule has 1 saturated heterocycles. The summed E-state index contributed by atoms with van der Waals surface area (Å²) in [6.07, 6.45) is 3.89. The number of para-hydroxylation sites is 1. The van der Waals surface area contributed by atoms with E-state index in [1.54, 1.807) is 24.3 Å². The lowest BCUT2D eigenvalue weighted by Gasteiger charge is -2.15. The molecule has 0 radical (unpaired) electrons. The number of fused-ring (bicyclic) bond motifs is 1. The number of carbonyl (C=O) groups excluding carboxylic acids is 2. The molecule has 0 aliphatic carbocycles. The smallest absolute Gasteiger partial charge is 0.285 e. The van der Waals surface area contributed by atoms with Crippen molar-refractivity contribution in [2.75, 3.05) is 0 Å². The largest absolute Gasteiger partial charge is 0.344 e. The average Bonchev–Trinajstić information content (AvgIpc) is 3.22. The van der Waals surface area contributed by atoms with Crippen LogP contribution in [-0.4, -0.2) is 25.7 Å². The molecule has 1 N–H and O–H groups in total. The van der Waals surface area contributed by atoms with Crippen molar-refractivity contribution in [3.8, 4) is 0 Å². The monoisotopic (exact) mass is 421 g/mol. The zero-order valence-electron chi connectivity index (χ0n) is 16.0. The number of thiocarbonyl (C=S) groups is 1. The Labute approximate surface area is 178 Å². The van der Waals surface area contributed by atoms with E-state index < -0.39 is 0 Å². The fourth-order valence-electron chi connectivity index (χ4n) is 3.24. The Balaban J connectivity index is 1.63. The van der Waals surface area contributed by atoms with Gasteiger partial charge in [0.2, 0.25) is 0 Å². The summed E-state index contributed by atoms with van der Waals surface area (Å²) >= 11 is 6.51. The molecule has 0 spiro atoms. The van der Waals surface area contributed by atoms with Crippen molar-refractivity contribution in [2.45, 2.75) is 19.9 Å². The predicted octanol–water partition coefficient (Wildman–Crippen LogP) is 4.77. The Morgan fingerprint density at radius 2 is 1.79 bits per heavy atom. The summed E-state index contributed by atoms with van der Waals surface area (Å²) in [6, 6.07) is 17.1. The van der Waals surface area contributed by atoms with Crippen molar-refractivity contribution in [2.24, 2.45) is 0 Å². The molecule has 1 fully saturated rings. The van der Waals surface area contributed by atoms with Crippen LogP contribution < -0.4 is 5.43 Å². The number of thioether (sulfide) groups is 1. The summed E-state index contributed by atoms with van der Waals surface area (Å²) in [5.74, 6) is -0.704. The first-order valence-corrected chi connectivity index (χ1v) is 10.4. The van der Waals surface area contributed by atoms with Gasteiger partial charge in [0.1, 0.15) is 0 Å². The number of carbonyl (C=O) groups is 2. The highest BCUT2D eigenvalue weighted by atomic mass is 32.2. The first kappa shape index (κ1) is 19.4. The summed E-state index contributed by atoms with van der Waals surface area (Å²) in [5.41, 5.74) is 5.13. The molecule has 4 rings (SSSR count). The first-order chi connectivity index (χ1) is 14.0. The highest BCUT2D eigenvalue weighted by Crippen LogP contribution is 2.34. The van der Waals surface area contributed by atoms with Gasteiger partial charge in [0.05, 0.1) is 4.91 Å². The second-order valence-corrected chi connectivity index (χ2v) is 8.60. The number of nitrogens with zero attached hydrogens (tertiary/aromatic N) is 2. The number of benzene rings is 2. The molecule has 2 amide bonds. The van der Waals surface area contributed by atoms with Gasteiger partial charge in [0.15, 0.2) is 4.32 Å². The summed E-state index contributed by atoms with van der Waals surface area (Å²) in [4.78, 5) is 25.8. The molecule has 1 aliphatic rings. The van der Waals surface area contributed by atoms with Gasteiger partial charge in [-0.1, -0.05) is 48.2 Å². The van der Waals surface area contributed by atoms with E-state index in [4.69, 9.17) is 12.2 Å². The van der Waals surface area contributed by atoms with Crippen LogP contribution in [0.5, 0.6) is 0 Å². The van der Waals surface area contributed by atoms with Gasteiger partial charge in [0.25, 0.3) is 11.8 Å². The number of rotatable bonds is 4. The third kappa shape index (κ3) is 3.71. The second-order valence-electron chi connectivity index (χ2n) is 6.93. The van der Waals surface area contributed by atoms with E-state index in [9.17, 15) is 9.59 Å². The summed E-state index contributed by atoms with van der Waals surface area (Å²) < 4.78 is 2.48. The lowest BCUT2D eigenvalue weighted by Crippen LogP contribution is -2.44. The summed E-state index contributed by atoms with van der Waals surface area (Å²) in [5, 5.41) is 2.21. The lowest BCUT2D eigenvalue weighted by molar-refractivity contribution is -0.123. The fraction of sp³-hybridized carbons (Fsp3) is 0.136. The third-order valence-corrected chi connectivity index (χ3v) is 5.96. The SMILES string of the molecule is CC(C)n1cc(C=C2SC(=S)N(NC(=O)c3ccccc3)C2=O)c2ccccc21. The van der Waals surface area contributed by atoms with Crippen LogP contribution in [0.25, 0.3) is 17.0 Å². The van der Waals surface area contributed by atoms with Gasteiger partial charge < -0.3 is 4.57 Å². The predicted molar refractivity (Wildman–Crippen MR) is 121 cm³/mol. The molecule has 0 bridgehead atoms. The number of hydrogen-bond acceptors (Lipinski definition) is 4. The minimum atomic E-state index is -0.375. The molecule has 29 heavy (non-hydrogen) atoms. The first-order valence-electron chi connectivity index (χ1n) is 9.19. The standard InChI is InChI=1S/C22H19N3O2S2/c1-14(2)24-13-16(17-10-6-7-11-18(17)24)12-19-21(27)25(22(28)29-19)23-20(26)15-8-4-3-5-9-15/h3-14H,1-2H3,(H,23,26). The normalized spacial score (nSPS) is 15.7. The molecule has 1 aliphatic heterocycles. The molecule has 0 atom stereocenters. The van der Waals surface area contributed by atoms with E-state index in [1.165, 1.54) is 11.8 Å². The Morgan fingerprint density at radius 1 is 1.10 bits per heavy atom. The number of hydrogen-bond donors (Lipinski definition) is 1. The zero-order chi connectivity index (χ0) is 20.5. The molecule has 7 heteroatoms. The van der Waals surface area contributed by atoms with E-state index in [-0.39, 0.29) is 11.8 Å². The minimum Gasteiger partial charge on any atom is -0.344 e. The van der Waals surface area contributed by atoms with Crippen LogP contribution in [0.2, 0.25) is 0 Å². The van der Waals surface area contributed by atoms with Crippen LogP contribution in [-0.2, 0) is 4.79 Å². The van der Waals surface area contributed by atoms with Gasteiger partial charge in [-0.25, -0.2) is 0 Å². The molecule has 1 aromatic heterocycles. The third-order valence-electron chi connectivity index (χ3n) is 4.66. The Morgan fingerprint density at radius 3 is 2.52 bits per heavy atom. The summed E-state index contributed by atoms with van der Waals surface area (Å²) in [6.45, 7) is 4.24. The molecule has 0 unspecified atom stereocenters. The quantitative estimate of drug-likeness (QED) is 0.487. The zero-order valence-corrected chi connectivity index (χ0v) is 17.6. The maximum Gasteiger partial charge on any atom is 0.285 e. The van der Waals surface area contributed by atoms with Crippen LogP contribution in [0.4, 0.5) is 0 Å². The fourth-order valence-corrected chi connectivity index (χ4v) is 4.41. The van der Waals surface area contributed by atoms with Crippen LogP contribution in [0.15, 0.2) is 65.7 Å². The maximum absolute atomic E-state index is 12.9. The van der Waals surface area contributed by atoms with Gasteiger partial charge >= 0.3 is 0 Å². The van der Waals surface area contributed by atoms with E-state index in [0.717, 1.165) is 21.5 Å². The van der Waals surface area contributed by atoms with Gasteiger partial charge in [-0.3, -0.25) is 15.0 Å². The number of aromatic nitrogens is 1. The van der Waals surface area contributed by atoms with Crippen molar-refractivity contribution < 1.29 is 9.59 Å². The second kappa shape index (κ2) is 7.85. The van der Waals surface area contributed by atoms with E-state index in [2.05, 4.69) is 29.9 Å². The Kier molecular flexibility index (Phi) is 5.25. The molecule has 0 saturated carbocycles. The van der Waals surface area contributed by atoms with E-state index in [0.29, 0.717) is 20.8 Å². The van der Waals surface area contributed by atoms with Crippen molar-refractivity contribution in [1.82, 2.24) is 15.0 Å². The molecule has 146 valence electrons. The topological polar surface area (TPSA) is 54.3 Å². The molecule has 2 aromatic carbocycles.